The van der Waals surface area contributed by atoms with Gasteiger partial charge in [0.1, 0.15) is 44.6 Å². The van der Waals surface area contributed by atoms with Gasteiger partial charge in [-0.1, -0.05) is 0 Å². The standard InChI is InChI=1S/C5H17N2OP/c1-6(2,3)8-7(4,5)9/h9H2,1-5H3/q+2. The van der Waals surface area contributed by atoms with Crippen LogP contribution in [0.4, 0.5) is 0 Å². The molecule has 0 N–H and O–H groups in total. The van der Waals surface area contributed by atoms with Gasteiger partial charge in [-0.15, -0.1) is 9.06 Å². The van der Waals surface area contributed by atoms with Gasteiger partial charge in [-0.05, 0) is 4.94 Å². The van der Waals surface area contributed by atoms with Crippen LogP contribution in [0.1, 0.15) is 0 Å². The summed E-state index contributed by atoms with van der Waals surface area (Å²) in [7, 11) is 12.4. The van der Waals surface area contributed by atoms with Gasteiger partial charge in [0.25, 0.3) is 0 Å². The molecule has 0 aliphatic heterocycles. The molecule has 0 aliphatic rings. The van der Waals surface area contributed by atoms with Gasteiger partial charge in [-0.25, -0.2) is 0 Å². The summed E-state index contributed by atoms with van der Waals surface area (Å²) in [6.45, 7) is 0. The molecule has 0 saturated carbocycles. The molecule has 0 heterocycles. The summed E-state index contributed by atoms with van der Waals surface area (Å²) < 4.78 is 0.958. The van der Waals surface area contributed by atoms with Gasteiger partial charge in [0.05, 0.1) is 0 Å². The van der Waals surface area contributed by atoms with Crippen molar-refractivity contribution in [1.29, 1.82) is 0 Å². The van der Waals surface area contributed by atoms with Crippen molar-refractivity contribution in [2.45, 2.75) is 0 Å². The van der Waals surface area contributed by atoms with Crippen LogP contribution in [0.2, 0.25) is 0 Å². The van der Waals surface area contributed by atoms with Crippen LogP contribution in [0.5, 0.6) is 0 Å². The maximum atomic E-state index is 5.46. The zero-order valence-corrected chi connectivity index (χ0v) is 8.03. The van der Waals surface area contributed by atoms with Crippen molar-refractivity contribution >= 4 is 9.39 Å². The molecule has 56 valence electrons. The molecule has 4 heteroatoms. The van der Waals surface area contributed by atoms with Crippen molar-refractivity contribution in [1.82, 2.24) is 0 Å². The van der Waals surface area contributed by atoms with Crippen LogP contribution >= 0.6 is 9.39 Å². The summed E-state index contributed by atoms with van der Waals surface area (Å²) in [6.07, 6.45) is 0. The van der Waals surface area contributed by atoms with Gasteiger partial charge in [-0.2, -0.15) is 0 Å². The second-order valence-electron chi connectivity index (χ2n) is 3.41. The molecule has 1 unspecified atom stereocenters. The van der Waals surface area contributed by atoms with Crippen LogP contribution in [-0.2, 0) is 4.94 Å². The van der Waals surface area contributed by atoms with Crippen molar-refractivity contribution in [2.24, 2.45) is 0 Å². The van der Waals surface area contributed by atoms with Crippen molar-refractivity contribution in [3.63, 3.8) is 0 Å². The van der Waals surface area contributed by atoms with Gasteiger partial charge in [0.15, 0.2) is 0 Å². The van der Waals surface area contributed by atoms with E-state index in [0.29, 0.717) is 9.06 Å². The Hall–Kier alpha value is 0.310. The molecule has 0 aliphatic carbocycles. The first-order chi connectivity index (χ1) is 3.71. The fourth-order valence-electron chi connectivity index (χ4n) is 0.631. The lowest BCUT2D eigenvalue weighted by atomic mass is 10.9. The third-order valence-corrected chi connectivity index (χ3v) is 0.550. The number of hydrogen-bond donors (Lipinski definition) is 0. The average Bonchev–Trinajstić information content (AvgIpc) is 1.14. The molecule has 0 saturated heterocycles. The summed E-state index contributed by atoms with van der Waals surface area (Å²) >= 11 is 0. The molecule has 0 spiro atoms. The van der Waals surface area contributed by atoms with E-state index in [1.807, 2.05) is 35.2 Å². The quantitative estimate of drug-likeness (QED) is 0.316. The zero-order valence-electron chi connectivity index (χ0n) is 6.88. The Morgan fingerprint density at radius 1 is 1.00 bits per heavy atom. The first-order valence-electron chi connectivity index (χ1n) is 2.86. The van der Waals surface area contributed by atoms with Gasteiger partial charge < -0.3 is 0 Å². The molecule has 0 fully saturated rings. The molecule has 0 aromatic heterocycles. The first kappa shape index (κ1) is 9.31. The van der Waals surface area contributed by atoms with Gasteiger partial charge >= 0.3 is 0 Å². The molecule has 3 nitrogen and oxygen atoms in total. The third kappa shape index (κ3) is 8.31. The predicted octanol–water partition coefficient (Wildman–Crippen LogP) is 0.406. The zero-order chi connectivity index (χ0) is 7.71. The van der Waals surface area contributed by atoms with Crippen molar-refractivity contribution in [3.8, 4) is 0 Å². The van der Waals surface area contributed by atoms with Crippen LogP contribution in [0, 0.1) is 0 Å². The second kappa shape index (κ2) is 2.51. The molecule has 9 heavy (non-hydrogen) atoms. The van der Waals surface area contributed by atoms with Gasteiger partial charge in [0, 0.05) is 0 Å². The molecular formula is C5H17N2OP+2. The van der Waals surface area contributed by atoms with Crippen molar-refractivity contribution in [2.75, 3.05) is 35.2 Å². The Labute approximate surface area is 59.5 Å². The lowest BCUT2D eigenvalue weighted by molar-refractivity contribution is -1.27. The number of nitrogens with zero attached hydrogens (tertiary/aromatic N) is 2. The lowest BCUT2D eigenvalue weighted by Gasteiger charge is -2.27. The highest BCUT2D eigenvalue weighted by Gasteiger charge is 2.21. The highest BCUT2D eigenvalue weighted by Crippen LogP contribution is 2.11. The summed E-state index contributed by atoms with van der Waals surface area (Å²) in [5.74, 6) is 0. The Morgan fingerprint density at radius 2 is 1.33 bits per heavy atom. The molecule has 0 radical (unpaired) electrons. The van der Waals surface area contributed by atoms with Crippen molar-refractivity contribution in [3.05, 3.63) is 0 Å². The Morgan fingerprint density at radius 3 is 1.33 bits per heavy atom. The van der Waals surface area contributed by atoms with Crippen LogP contribution in [0.25, 0.3) is 0 Å². The third-order valence-electron chi connectivity index (χ3n) is 0.455. The number of rotatable bonds is 2. The van der Waals surface area contributed by atoms with E-state index in [-0.39, 0.29) is 0 Å². The predicted molar refractivity (Wildman–Crippen MR) is 40.9 cm³/mol. The summed E-state index contributed by atoms with van der Waals surface area (Å²) in [5, 5.41) is 0. The minimum absolute atomic E-state index is 0.448. The summed E-state index contributed by atoms with van der Waals surface area (Å²) in [5.41, 5.74) is 0. The summed E-state index contributed by atoms with van der Waals surface area (Å²) in [4.78, 5) is 5.46. The van der Waals surface area contributed by atoms with E-state index >= 15 is 0 Å². The molecule has 0 amide bonds. The number of quaternary nitrogens is 2. The van der Waals surface area contributed by atoms with Crippen LogP contribution in [0.15, 0.2) is 0 Å². The molecular weight excluding hydrogens is 135 g/mol. The van der Waals surface area contributed by atoms with Gasteiger partial charge in [-0.3, -0.25) is 0 Å². The van der Waals surface area contributed by atoms with E-state index in [0.717, 1.165) is 0 Å². The maximum Gasteiger partial charge on any atom is 0.113 e. The van der Waals surface area contributed by atoms with E-state index in [4.69, 9.17) is 4.94 Å². The maximum absolute atomic E-state index is 5.46. The first-order valence-corrected chi connectivity index (χ1v) is 3.38. The monoisotopic (exact) mass is 152 g/mol. The van der Waals surface area contributed by atoms with E-state index in [1.54, 1.807) is 0 Å². The van der Waals surface area contributed by atoms with Crippen LogP contribution in [0.3, 0.4) is 0 Å². The van der Waals surface area contributed by atoms with Crippen molar-refractivity contribution < 1.29 is 14.0 Å². The lowest BCUT2D eigenvalue weighted by Crippen LogP contribution is -2.45. The minimum atomic E-state index is 0.448. The Kier molecular flexibility index (Phi) is 2.59. The van der Waals surface area contributed by atoms with E-state index < -0.39 is 0 Å². The molecule has 1 atom stereocenters. The minimum Gasteiger partial charge on any atom is -0.135 e. The Balaban J connectivity index is 3.75. The fraction of sp³-hybridized carbons (Fsp3) is 1.00. The largest absolute Gasteiger partial charge is 0.135 e. The highest BCUT2D eigenvalue weighted by molar-refractivity contribution is 7.08. The SMILES string of the molecule is C[N+](C)(C)O[N+](C)(C)P. The smallest absolute Gasteiger partial charge is 0.113 e. The topological polar surface area (TPSA) is 9.23 Å². The molecule has 0 rings (SSSR count). The number of hydrogen-bond acceptors (Lipinski definition) is 1. The second-order valence-corrected chi connectivity index (χ2v) is 4.65. The van der Waals surface area contributed by atoms with Crippen LogP contribution < -0.4 is 0 Å². The van der Waals surface area contributed by atoms with Crippen LogP contribution in [-0.4, -0.2) is 44.3 Å². The Bertz CT molecular complexity index is 80.1. The van der Waals surface area contributed by atoms with E-state index in [2.05, 4.69) is 9.39 Å². The van der Waals surface area contributed by atoms with E-state index in [1.165, 1.54) is 0 Å². The normalized spacial score (nSPS) is 14.0. The fourth-order valence-corrected chi connectivity index (χ4v) is 0.914. The molecule has 0 aromatic rings. The molecule has 0 aromatic carbocycles. The number of hydroxylamine groups is 5. The summed E-state index contributed by atoms with van der Waals surface area (Å²) in [6, 6.07) is 0. The van der Waals surface area contributed by atoms with Gasteiger partial charge in [0.2, 0.25) is 0 Å². The molecule has 0 bridgehead atoms. The average molecular weight is 152 g/mol. The van der Waals surface area contributed by atoms with E-state index in [9.17, 15) is 0 Å². The highest BCUT2D eigenvalue weighted by atomic mass is 31.0.